The van der Waals surface area contributed by atoms with Crippen molar-refractivity contribution in [2.24, 2.45) is 12.1 Å². The number of thioether (sulfide) groups is 1. The van der Waals surface area contributed by atoms with Crippen LogP contribution in [-0.4, -0.2) is 43.7 Å². The molecule has 1 aliphatic rings. The summed E-state index contributed by atoms with van der Waals surface area (Å²) in [6.07, 6.45) is 0.780. The molecule has 27 heavy (non-hydrogen) atoms. The van der Waals surface area contributed by atoms with Crippen LogP contribution in [0.3, 0.4) is 0 Å². The Balaban J connectivity index is 1.40. The van der Waals surface area contributed by atoms with Crippen LogP contribution in [0.4, 0.5) is 0 Å². The number of nitrogens with zero attached hydrogens (tertiary/aromatic N) is 5. The third kappa shape index (κ3) is 3.78. The predicted molar refractivity (Wildman–Crippen MR) is 106 cm³/mol. The molecule has 0 unspecified atom stereocenters. The van der Waals surface area contributed by atoms with Crippen molar-refractivity contribution in [2.75, 3.05) is 12.3 Å². The van der Waals surface area contributed by atoms with Gasteiger partial charge in [-0.25, -0.2) is 5.01 Å². The van der Waals surface area contributed by atoms with E-state index in [0.717, 1.165) is 29.1 Å². The highest BCUT2D eigenvalue weighted by Crippen LogP contribution is 2.23. The van der Waals surface area contributed by atoms with Crippen molar-refractivity contribution in [3.05, 3.63) is 66.2 Å². The topological polar surface area (TPSA) is 63.4 Å². The summed E-state index contributed by atoms with van der Waals surface area (Å²) in [6, 6.07) is 19.9. The zero-order chi connectivity index (χ0) is 18.6. The van der Waals surface area contributed by atoms with Gasteiger partial charge in [0.2, 0.25) is 0 Å². The standard InChI is InChI=1S/C20H19N5OS/c1-24-19(16-10-6-3-7-11-16)21-22-20(24)27-14-18(26)25-13-12-17(23-25)15-8-4-2-5-9-15/h2-11H,12-14H2,1H3. The van der Waals surface area contributed by atoms with E-state index in [2.05, 4.69) is 15.3 Å². The van der Waals surface area contributed by atoms with Gasteiger partial charge in [0.05, 0.1) is 18.0 Å². The normalized spacial score (nSPS) is 13.7. The lowest BCUT2D eigenvalue weighted by atomic mass is 10.1. The first-order valence-electron chi connectivity index (χ1n) is 8.73. The first-order chi connectivity index (χ1) is 13.2. The van der Waals surface area contributed by atoms with E-state index in [1.165, 1.54) is 11.8 Å². The second-order valence-corrected chi connectivity index (χ2v) is 7.14. The van der Waals surface area contributed by atoms with E-state index in [9.17, 15) is 4.79 Å². The van der Waals surface area contributed by atoms with Gasteiger partial charge >= 0.3 is 0 Å². The van der Waals surface area contributed by atoms with E-state index in [1.54, 1.807) is 5.01 Å². The SMILES string of the molecule is Cn1c(SCC(=O)N2CCC(c3ccccc3)=N2)nnc1-c1ccccc1. The smallest absolute Gasteiger partial charge is 0.253 e. The minimum atomic E-state index is -0.0183. The van der Waals surface area contributed by atoms with Crippen molar-refractivity contribution < 1.29 is 4.79 Å². The van der Waals surface area contributed by atoms with E-state index in [4.69, 9.17) is 0 Å². The number of hydrazone groups is 1. The van der Waals surface area contributed by atoms with Crippen molar-refractivity contribution in [3.8, 4) is 11.4 Å². The Morgan fingerprint density at radius 2 is 1.67 bits per heavy atom. The van der Waals surface area contributed by atoms with Crippen LogP contribution in [0.15, 0.2) is 70.9 Å². The zero-order valence-corrected chi connectivity index (χ0v) is 15.8. The molecule has 1 amide bonds. The molecular formula is C20H19N5OS. The number of carbonyl (C=O) groups excluding carboxylic acids is 1. The Bertz CT molecular complexity index is 969. The van der Waals surface area contributed by atoms with Crippen LogP contribution < -0.4 is 0 Å². The van der Waals surface area contributed by atoms with Crippen LogP contribution in [0.25, 0.3) is 11.4 Å². The van der Waals surface area contributed by atoms with Crippen LogP contribution in [0.5, 0.6) is 0 Å². The van der Waals surface area contributed by atoms with Crippen LogP contribution in [0.1, 0.15) is 12.0 Å². The van der Waals surface area contributed by atoms with E-state index in [-0.39, 0.29) is 11.7 Å². The molecule has 0 saturated carbocycles. The third-order valence-electron chi connectivity index (χ3n) is 4.39. The summed E-state index contributed by atoms with van der Waals surface area (Å²) in [4.78, 5) is 12.5. The lowest BCUT2D eigenvalue weighted by Crippen LogP contribution is -2.25. The minimum absolute atomic E-state index is 0.0183. The average Bonchev–Trinajstić information content (AvgIpc) is 3.35. The Hall–Kier alpha value is -2.93. The van der Waals surface area contributed by atoms with Crippen molar-refractivity contribution in [2.45, 2.75) is 11.6 Å². The molecule has 0 radical (unpaired) electrons. The molecule has 7 heteroatoms. The molecule has 0 aliphatic carbocycles. The summed E-state index contributed by atoms with van der Waals surface area (Å²) in [7, 11) is 1.91. The number of benzene rings is 2. The molecule has 0 saturated heterocycles. The Morgan fingerprint density at radius 1 is 1.00 bits per heavy atom. The van der Waals surface area contributed by atoms with Gasteiger partial charge in [0.25, 0.3) is 5.91 Å². The molecule has 0 N–H and O–H groups in total. The molecule has 2 aromatic carbocycles. The lowest BCUT2D eigenvalue weighted by molar-refractivity contribution is -0.127. The van der Waals surface area contributed by atoms with E-state index >= 15 is 0 Å². The zero-order valence-electron chi connectivity index (χ0n) is 14.9. The van der Waals surface area contributed by atoms with Crippen molar-refractivity contribution >= 4 is 23.4 Å². The predicted octanol–water partition coefficient (Wildman–Crippen LogP) is 3.21. The van der Waals surface area contributed by atoms with Crippen molar-refractivity contribution in [3.63, 3.8) is 0 Å². The summed E-state index contributed by atoms with van der Waals surface area (Å²) in [5, 5.41) is 15.2. The monoisotopic (exact) mass is 377 g/mol. The van der Waals surface area contributed by atoms with E-state index < -0.39 is 0 Å². The van der Waals surface area contributed by atoms with Gasteiger partial charge < -0.3 is 4.57 Å². The summed E-state index contributed by atoms with van der Waals surface area (Å²) < 4.78 is 1.91. The van der Waals surface area contributed by atoms with E-state index in [1.807, 2.05) is 72.3 Å². The molecule has 4 rings (SSSR count). The maximum absolute atomic E-state index is 12.5. The highest BCUT2D eigenvalue weighted by atomic mass is 32.2. The molecule has 136 valence electrons. The molecule has 1 aliphatic heterocycles. The fourth-order valence-corrected chi connectivity index (χ4v) is 3.73. The van der Waals surface area contributed by atoms with Crippen LogP contribution >= 0.6 is 11.8 Å². The van der Waals surface area contributed by atoms with Gasteiger partial charge in [0, 0.05) is 19.0 Å². The summed E-state index contributed by atoms with van der Waals surface area (Å²) in [5.74, 6) is 1.05. The fourth-order valence-electron chi connectivity index (χ4n) is 2.95. The molecule has 0 bridgehead atoms. The van der Waals surface area contributed by atoms with Gasteiger partial charge in [-0.15, -0.1) is 10.2 Å². The number of carbonyl (C=O) groups is 1. The van der Waals surface area contributed by atoms with Gasteiger partial charge in [0.15, 0.2) is 11.0 Å². The second-order valence-electron chi connectivity index (χ2n) is 6.20. The second kappa shape index (κ2) is 7.75. The average molecular weight is 377 g/mol. The first kappa shape index (κ1) is 17.5. The van der Waals surface area contributed by atoms with Gasteiger partial charge in [0.1, 0.15) is 0 Å². The van der Waals surface area contributed by atoms with Crippen LogP contribution in [-0.2, 0) is 11.8 Å². The van der Waals surface area contributed by atoms with E-state index in [0.29, 0.717) is 11.7 Å². The van der Waals surface area contributed by atoms with Gasteiger partial charge in [-0.2, -0.15) is 5.10 Å². The summed E-state index contributed by atoms with van der Waals surface area (Å²) >= 11 is 1.38. The van der Waals surface area contributed by atoms with Crippen molar-refractivity contribution in [1.29, 1.82) is 0 Å². The van der Waals surface area contributed by atoms with Crippen LogP contribution in [0, 0.1) is 0 Å². The highest BCUT2D eigenvalue weighted by molar-refractivity contribution is 7.99. The molecule has 0 spiro atoms. The number of rotatable bonds is 5. The van der Waals surface area contributed by atoms with Gasteiger partial charge in [-0.1, -0.05) is 72.4 Å². The molecule has 1 aromatic heterocycles. The maximum atomic E-state index is 12.5. The molecule has 0 fully saturated rings. The number of hydrogen-bond acceptors (Lipinski definition) is 5. The lowest BCUT2D eigenvalue weighted by Gasteiger charge is -2.10. The molecule has 3 aromatic rings. The maximum Gasteiger partial charge on any atom is 0.253 e. The quantitative estimate of drug-likeness (QED) is 0.641. The van der Waals surface area contributed by atoms with Crippen LogP contribution in [0.2, 0.25) is 0 Å². The highest BCUT2D eigenvalue weighted by Gasteiger charge is 2.22. The summed E-state index contributed by atoms with van der Waals surface area (Å²) in [5.41, 5.74) is 3.03. The molecule has 6 nitrogen and oxygen atoms in total. The summed E-state index contributed by atoms with van der Waals surface area (Å²) in [6.45, 7) is 0.623. The molecule has 2 heterocycles. The third-order valence-corrected chi connectivity index (χ3v) is 5.39. The largest absolute Gasteiger partial charge is 0.305 e. The van der Waals surface area contributed by atoms with Crippen molar-refractivity contribution in [1.82, 2.24) is 19.8 Å². The first-order valence-corrected chi connectivity index (χ1v) is 9.72. The minimum Gasteiger partial charge on any atom is -0.305 e. The Labute approximate surface area is 161 Å². The molecule has 0 atom stereocenters. The van der Waals surface area contributed by atoms with Gasteiger partial charge in [-0.05, 0) is 5.56 Å². The van der Waals surface area contributed by atoms with Gasteiger partial charge in [-0.3, -0.25) is 4.79 Å². The number of hydrogen-bond donors (Lipinski definition) is 0. The molecular weight excluding hydrogens is 358 g/mol. The fraction of sp³-hybridized carbons (Fsp3) is 0.200. The number of aromatic nitrogens is 3. The Morgan fingerprint density at radius 3 is 2.37 bits per heavy atom. The Kier molecular flexibility index (Phi) is 5.02. The number of amides is 1.